The molecule has 0 amide bonds. The summed E-state index contributed by atoms with van der Waals surface area (Å²) in [6.45, 7) is 7.80. The van der Waals surface area contributed by atoms with E-state index in [1.54, 1.807) is 0 Å². The first-order chi connectivity index (χ1) is 4.81. The third-order valence-corrected chi connectivity index (χ3v) is 1.26. The smallest absolute Gasteiger partial charge is 0.0163 e. The van der Waals surface area contributed by atoms with E-state index in [0.29, 0.717) is 0 Å². The Bertz CT molecular complexity index is 105. The van der Waals surface area contributed by atoms with Crippen LogP contribution in [0.2, 0.25) is 0 Å². The van der Waals surface area contributed by atoms with Crippen molar-refractivity contribution in [2.45, 2.75) is 13.3 Å². The molecule has 0 aliphatic heterocycles. The summed E-state index contributed by atoms with van der Waals surface area (Å²) in [6, 6.07) is 0. The molecule has 0 aliphatic carbocycles. The summed E-state index contributed by atoms with van der Waals surface area (Å²) in [5, 5.41) is 0. The minimum absolute atomic E-state index is 0.966. The van der Waals surface area contributed by atoms with Crippen LogP contribution < -0.4 is 0 Å². The molecule has 0 aliphatic rings. The number of allylic oxidation sites excluding steroid dienone is 1. The Morgan fingerprint density at radius 2 is 2.00 bits per heavy atom. The van der Waals surface area contributed by atoms with Crippen molar-refractivity contribution in [3.8, 4) is 0 Å². The average molecular weight is 139 g/mol. The molecular weight excluding hydrogens is 122 g/mol. The molecule has 0 spiro atoms. The third-order valence-electron chi connectivity index (χ3n) is 1.26. The van der Waals surface area contributed by atoms with Crippen molar-refractivity contribution in [1.82, 2.24) is 4.90 Å². The fourth-order valence-corrected chi connectivity index (χ4v) is 0.716. The molecule has 0 heterocycles. The second-order valence-electron chi connectivity index (χ2n) is 2.39. The van der Waals surface area contributed by atoms with Crippen molar-refractivity contribution < 1.29 is 0 Å². The molecular formula is C9H17N. The Labute approximate surface area is 64.0 Å². The molecule has 0 saturated heterocycles. The molecule has 0 atom stereocenters. The predicted molar refractivity (Wildman–Crippen MR) is 47.1 cm³/mol. The molecule has 0 bridgehead atoms. The number of hydrogen-bond donors (Lipinski definition) is 0. The Morgan fingerprint density at radius 1 is 1.30 bits per heavy atom. The Kier molecular flexibility index (Phi) is 6.19. The van der Waals surface area contributed by atoms with Gasteiger partial charge in [-0.3, -0.25) is 4.90 Å². The lowest BCUT2D eigenvalue weighted by Crippen LogP contribution is -2.17. The van der Waals surface area contributed by atoms with E-state index < -0.39 is 0 Å². The summed E-state index contributed by atoms with van der Waals surface area (Å²) in [7, 11) is 2.08. The summed E-state index contributed by atoms with van der Waals surface area (Å²) >= 11 is 0. The van der Waals surface area contributed by atoms with Gasteiger partial charge in [0.1, 0.15) is 0 Å². The first kappa shape index (κ1) is 9.44. The van der Waals surface area contributed by atoms with Crippen molar-refractivity contribution in [1.29, 1.82) is 0 Å². The molecule has 0 fully saturated rings. The van der Waals surface area contributed by atoms with Crippen LogP contribution in [0.15, 0.2) is 24.8 Å². The van der Waals surface area contributed by atoms with Gasteiger partial charge in [0.05, 0.1) is 0 Å². The molecule has 0 rings (SSSR count). The van der Waals surface area contributed by atoms with E-state index >= 15 is 0 Å². The Hall–Kier alpha value is -0.560. The van der Waals surface area contributed by atoms with Crippen LogP contribution >= 0.6 is 0 Å². The summed E-state index contributed by atoms with van der Waals surface area (Å²) in [5.74, 6) is 0. The number of likely N-dealkylation sites (N-methyl/N-ethyl adjacent to an activating group) is 1. The highest BCUT2D eigenvalue weighted by Crippen LogP contribution is 1.85. The van der Waals surface area contributed by atoms with Gasteiger partial charge < -0.3 is 0 Å². The predicted octanol–water partition coefficient (Wildman–Crippen LogP) is 2.07. The average Bonchev–Trinajstić information content (AvgIpc) is 1.89. The maximum Gasteiger partial charge on any atom is 0.0163 e. The van der Waals surface area contributed by atoms with Gasteiger partial charge in [-0.1, -0.05) is 25.2 Å². The van der Waals surface area contributed by atoms with Crippen LogP contribution in [0.1, 0.15) is 13.3 Å². The minimum atomic E-state index is 0.966. The molecule has 0 aromatic rings. The first-order valence-corrected chi connectivity index (χ1v) is 3.75. The van der Waals surface area contributed by atoms with Gasteiger partial charge in [0.25, 0.3) is 0 Å². The first-order valence-electron chi connectivity index (χ1n) is 3.75. The Morgan fingerprint density at radius 3 is 2.50 bits per heavy atom. The van der Waals surface area contributed by atoms with E-state index in [0.717, 1.165) is 19.5 Å². The topological polar surface area (TPSA) is 3.24 Å². The lowest BCUT2D eigenvalue weighted by Gasteiger charge is -2.09. The fourth-order valence-electron chi connectivity index (χ4n) is 0.716. The minimum Gasteiger partial charge on any atom is -0.299 e. The van der Waals surface area contributed by atoms with Gasteiger partial charge in [-0.25, -0.2) is 0 Å². The van der Waals surface area contributed by atoms with Crippen LogP contribution in [0.25, 0.3) is 0 Å². The SMILES string of the molecule is C=CCN(C)CC=CCC. The van der Waals surface area contributed by atoms with Crippen molar-refractivity contribution in [2.75, 3.05) is 20.1 Å². The van der Waals surface area contributed by atoms with Gasteiger partial charge in [-0.05, 0) is 13.5 Å². The van der Waals surface area contributed by atoms with Crippen LogP contribution in [-0.2, 0) is 0 Å². The molecule has 0 radical (unpaired) electrons. The highest BCUT2D eigenvalue weighted by Gasteiger charge is 1.87. The van der Waals surface area contributed by atoms with Crippen LogP contribution in [0.5, 0.6) is 0 Å². The zero-order valence-electron chi connectivity index (χ0n) is 7.01. The second kappa shape index (κ2) is 6.56. The zero-order valence-corrected chi connectivity index (χ0v) is 7.01. The van der Waals surface area contributed by atoms with E-state index in [9.17, 15) is 0 Å². The highest BCUT2D eigenvalue weighted by atomic mass is 15.1. The molecule has 0 saturated carbocycles. The summed E-state index contributed by atoms with van der Waals surface area (Å²) in [6.07, 6.45) is 7.41. The fraction of sp³-hybridized carbons (Fsp3) is 0.556. The van der Waals surface area contributed by atoms with E-state index in [2.05, 4.69) is 37.6 Å². The molecule has 10 heavy (non-hydrogen) atoms. The standard InChI is InChI=1S/C9H17N/c1-4-6-7-9-10(3)8-5-2/h5-7H,2,4,8-9H2,1,3H3. The molecule has 0 aromatic heterocycles. The van der Waals surface area contributed by atoms with Crippen molar-refractivity contribution >= 4 is 0 Å². The monoisotopic (exact) mass is 139 g/mol. The van der Waals surface area contributed by atoms with Gasteiger partial charge in [-0.2, -0.15) is 0 Å². The van der Waals surface area contributed by atoms with Crippen LogP contribution in [-0.4, -0.2) is 25.0 Å². The van der Waals surface area contributed by atoms with Crippen molar-refractivity contribution in [2.24, 2.45) is 0 Å². The lowest BCUT2D eigenvalue weighted by atomic mass is 10.4. The van der Waals surface area contributed by atoms with Crippen LogP contribution in [0.3, 0.4) is 0 Å². The molecule has 1 nitrogen and oxygen atoms in total. The molecule has 0 aromatic carbocycles. The Balaban J connectivity index is 3.28. The number of rotatable bonds is 5. The van der Waals surface area contributed by atoms with Gasteiger partial charge >= 0.3 is 0 Å². The summed E-state index contributed by atoms with van der Waals surface area (Å²) in [5.41, 5.74) is 0. The van der Waals surface area contributed by atoms with Gasteiger partial charge in [-0.15, -0.1) is 6.58 Å². The van der Waals surface area contributed by atoms with Crippen molar-refractivity contribution in [3.63, 3.8) is 0 Å². The third kappa shape index (κ3) is 5.57. The molecule has 58 valence electrons. The van der Waals surface area contributed by atoms with E-state index in [4.69, 9.17) is 0 Å². The molecule has 0 N–H and O–H groups in total. The van der Waals surface area contributed by atoms with Crippen LogP contribution in [0, 0.1) is 0 Å². The largest absolute Gasteiger partial charge is 0.299 e. The maximum atomic E-state index is 3.66. The van der Waals surface area contributed by atoms with Crippen LogP contribution in [0.4, 0.5) is 0 Å². The van der Waals surface area contributed by atoms with E-state index in [1.807, 2.05) is 6.08 Å². The molecule has 0 unspecified atom stereocenters. The van der Waals surface area contributed by atoms with Crippen molar-refractivity contribution in [3.05, 3.63) is 24.8 Å². The van der Waals surface area contributed by atoms with Gasteiger partial charge in [0, 0.05) is 13.1 Å². The van der Waals surface area contributed by atoms with E-state index in [1.165, 1.54) is 0 Å². The zero-order chi connectivity index (χ0) is 7.82. The number of nitrogens with zero attached hydrogens (tertiary/aromatic N) is 1. The van der Waals surface area contributed by atoms with E-state index in [-0.39, 0.29) is 0 Å². The van der Waals surface area contributed by atoms with Gasteiger partial charge in [0.2, 0.25) is 0 Å². The quantitative estimate of drug-likeness (QED) is 0.527. The summed E-state index contributed by atoms with van der Waals surface area (Å²) in [4.78, 5) is 2.21. The lowest BCUT2D eigenvalue weighted by molar-refractivity contribution is 0.412. The number of hydrogen-bond acceptors (Lipinski definition) is 1. The van der Waals surface area contributed by atoms with Gasteiger partial charge in [0.15, 0.2) is 0 Å². The summed E-state index contributed by atoms with van der Waals surface area (Å²) < 4.78 is 0. The maximum absolute atomic E-state index is 3.66. The normalized spacial score (nSPS) is 11.1. The second-order valence-corrected chi connectivity index (χ2v) is 2.39. The molecule has 1 heteroatoms. The highest BCUT2D eigenvalue weighted by molar-refractivity contribution is 4.84.